The lowest BCUT2D eigenvalue weighted by Crippen LogP contribution is -2.05. The van der Waals surface area contributed by atoms with Crippen molar-refractivity contribution in [2.75, 3.05) is 14.2 Å². The highest BCUT2D eigenvalue weighted by atomic mass is 16.5. The second-order valence-corrected chi connectivity index (χ2v) is 4.64. The highest BCUT2D eigenvalue weighted by Gasteiger charge is 2.13. The van der Waals surface area contributed by atoms with Gasteiger partial charge < -0.3 is 14.5 Å². The van der Waals surface area contributed by atoms with E-state index < -0.39 is 0 Å². The van der Waals surface area contributed by atoms with Crippen LogP contribution in [0.4, 0.5) is 0 Å². The van der Waals surface area contributed by atoms with Gasteiger partial charge >= 0.3 is 0 Å². The Hall–Kier alpha value is -2.75. The maximum atomic E-state index is 12.3. The fourth-order valence-corrected chi connectivity index (χ4v) is 2.41. The smallest absolute Gasteiger partial charge is 0.190 e. The lowest BCUT2D eigenvalue weighted by Gasteiger charge is -2.11. The standard InChI is InChI=1S/C17H15NO3/c1-20-15-9-8-12-14(19)10-13(11-6-4-3-5-7-11)18-16(12)17(15)21-2/h3-10H,1-2H3,(H,18,19). The van der Waals surface area contributed by atoms with Gasteiger partial charge in [0.15, 0.2) is 16.9 Å². The van der Waals surface area contributed by atoms with Gasteiger partial charge in [-0.05, 0) is 17.7 Å². The topological polar surface area (TPSA) is 51.3 Å². The van der Waals surface area contributed by atoms with Crippen molar-refractivity contribution in [3.63, 3.8) is 0 Å². The van der Waals surface area contributed by atoms with Gasteiger partial charge in [-0.15, -0.1) is 0 Å². The number of ether oxygens (including phenoxy) is 2. The molecule has 0 amide bonds. The summed E-state index contributed by atoms with van der Waals surface area (Å²) in [7, 11) is 3.13. The van der Waals surface area contributed by atoms with Gasteiger partial charge in [-0.3, -0.25) is 4.79 Å². The van der Waals surface area contributed by atoms with E-state index in [2.05, 4.69) is 4.98 Å². The Balaban J connectivity index is 2.34. The molecule has 0 aliphatic carbocycles. The molecule has 1 heterocycles. The Morgan fingerprint density at radius 3 is 2.38 bits per heavy atom. The van der Waals surface area contributed by atoms with Crippen LogP contribution in [0.25, 0.3) is 22.2 Å². The predicted molar refractivity (Wildman–Crippen MR) is 83.1 cm³/mol. The molecule has 0 atom stereocenters. The Bertz CT molecular complexity index is 838. The molecule has 0 unspecified atom stereocenters. The zero-order valence-electron chi connectivity index (χ0n) is 11.8. The second kappa shape index (κ2) is 5.32. The third-order valence-corrected chi connectivity index (χ3v) is 3.43. The summed E-state index contributed by atoms with van der Waals surface area (Å²) in [5.74, 6) is 1.12. The minimum Gasteiger partial charge on any atom is -0.493 e. The van der Waals surface area contributed by atoms with E-state index in [1.165, 1.54) is 0 Å². The van der Waals surface area contributed by atoms with E-state index in [0.29, 0.717) is 22.4 Å². The lowest BCUT2D eigenvalue weighted by atomic mass is 10.1. The molecule has 3 rings (SSSR count). The lowest BCUT2D eigenvalue weighted by molar-refractivity contribution is 0.358. The number of aromatic amines is 1. The summed E-state index contributed by atoms with van der Waals surface area (Å²) in [6.45, 7) is 0. The zero-order valence-corrected chi connectivity index (χ0v) is 11.8. The van der Waals surface area contributed by atoms with Crippen molar-refractivity contribution in [3.05, 3.63) is 58.8 Å². The molecule has 0 aliphatic heterocycles. The second-order valence-electron chi connectivity index (χ2n) is 4.64. The zero-order chi connectivity index (χ0) is 14.8. The van der Waals surface area contributed by atoms with Gasteiger partial charge in [0.25, 0.3) is 0 Å². The maximum absolute atomic E-state index is 12.3. The van der Waals surface area contributed by atoms with Crippen LogP contribution in [0.5, 0.6) is 11.5 Å². The van der Waals surface area contributed by atoms with Crippen LogP contribution in [0.2, 0.25) is 0 Å². The van der Waals surface area contributed by atoms with Crippen LogP contribution in [0, 0.1) is 0 Å². The normalized spacial score (nSPS) is 10.6. The van der Waals surface area contributed by atoms with E-state index in [4.69, 9.17) is 9.47 Å². The maximum Gasteiger partial charge on any atom is 0.190 e. The quantitative estimate of drug-likeness (QED) is 0.802. The number of fused-ring (bicyclic) bond motifs is 1. The van der Waals surface area contributed by atoms with Crippen molar-refractivity contribution in [1.82, 2.24) is 4.98 Å². The van der Waals surface area contributed by atoms with Gasteiger partial charge in [0, 0.05) is 17.1 Å². The Kier molecular flexibility index (Phi) is 3.36. The minimum atomic E-state index is -0.0523. The number of aromatic nitrogens is 1. The first-order valence-electron chi connectivity index (χ1n) is 6.58. The molecule has 3 aromatic rings. The van der Waals surface area contributed by atoms with Crippen molar-refractivity contribution in [2.24, 2.45) is 0 Å². The molecule has 0 aliphatic rings. The Morgan fingerprint density at radius 1 is 0.952 bits per heavy atom. The van der Waals surface area contributed by atoms with Gasteiger partial charge in [-0.1, -0.05) is 30.3 Å². The number of H-pyrrole nitrogens is 1. The number of hydrogen-bond acceptors (Lipinski definition) is 3. The molecule has 1 N–H and O–H groups in total. The van der Waals surface area contributed by atoms with E-state index in [1.807, 2.05) is 30.3 Å². The Morgan fingerprint density at radius 2 is 1.71 bits per heavy atom. The molecule has 1 aromatic heterocycles. The average molecular weight is 281 g/mol. The highest BCUT2D eigenvalue weighted by Crippen LogP contribution is 2.33. The summed E-state index contributed by atoms with van der Waals surface area (Å²) in [6.07, 6.45) is 0. The van der Waals surface area contributed by atoms with Crippen LogP contribution in [-0.2, 0) is 0 Å². The van der Waals surface area contributed by atoms with E-state index >= 15 is 0 Å². The molecule has 21 heavy (non-hydrogen) atoms. The summed E-state index contributed by atoms with van der Waals surface area (Å²) in [4.78, 5) is 15.6. The minimum absolute atomic E-state index is 0.0523. The van der Waals surface area contributed by atoms with Crippen LogP contribution in [-0.4, -0.2) is 19.2 Å². The summed E-state index contributed by atoms with van der Waals surface area (Å²) < 4.78 is 10.7. The largest absolute Gasteiger partial charge is 0.493 e. The van der Waals surface area contributed by atoms with Crippen LogP contribution < -0.4 is 14.9 Å². The van der Waals surface area contributed by atoms with E-state index in [-0.39, 0.29) is 5.43 Å². The van der Waals surface area contributed by atoms with E-state index in [0.717, 1.165) is 11.3 Å². The molecule has 0 radical (unpaired) electrons. The predicted octanol–water partition coefficient (Wildman–Crippen LogP) is 3.21. The molecule has 0 saturated carbocycles. The van der Waals surface area contributed by atoms with Gasteiger partial charge in [-0.2, -0.15) is 0 Å². The van der Waals surface area contributed by atoms with Crippen molar-refractivity contribution >= 4 is 10.9 Å². The summed E-state index contributed by atoms with van der Waals surface area (Å²) in [5, 5.41) is 0.576. The summed E-state index contributed by atoms with van der Waals surface area (Å²) in [5.41, 5.74) is 2.28. The van der Waals surface area contributed by atoms with Gasteiger partial charge in [0.05, 0.1) is 19.7 Å². The van der Waals surface area contributed by atoms with Crippen LogP contribution in [0.1, 0.15) is 0 Å². The number of benzene rings is 2. The highest BCUT2D eigenvalue weighted by molar-refractivity contribution is 5.89. The van der Waals surface area contributed by atoms with Crippen molar-refractivity contribution in [2.45, 2.75) is 0 Å². The van der Waals surface area contributed by atoms with Crippen molar-refractivity contribution < 1.29 is 9.47 Å². The first kappa shape index (κ1) is 13.2. The molecular weight excluding hydrogens is 266 g/mol. The first-order chi connectivity index (χ1) is 10.2. The first-order valence-corrected chi connectivity index (χ1v) is 6.58. The number of rotatable bonds is 3. The number of methoxy groups -OCH3 is 2. The Labute approximate surface area is 122 Å². The summed E-state index contributed by atoms with van der Waals surface area (Å²) >= 11 is 0. The molecule has 4 nitrogen and oxygen atoms in total. The third kappa shape index (κ3) is 2.25. The monoisotopic (exact) mass is 281 g/mol. The fraction of sp³-hybridized carbons (Fsp3) is 0.118. The van der Waals surface area contributed by atoms with Crippen molar-refractivity contribution in [3.8, 4) is 22.8 Å². The van der Waals surface area contributed by atoms with Crippen LogP contribution in [0.3, 0.4) is 0 Å². The number of hydrogen-bond donors (Lipinski definition) is 1. The molecule has 0 saturated heterocycles. The average Bonchev–Trinajstić information content (AvgIpc) is 2.54. The third-order valence-electron chi connectivity index (χ3n) is 3.43. The molecule has 2 aromatic carbocycles. The van der Waals surface area contributed by atoms with Crippen LogP contribution >= 0.6 is 0 Å². The van der Waals surface area contributed by atoms with Gasteiger partial charge in [-0.25, -0.2) is 0 Å². The van der Waals surface area contributed by atoms with Gasteiger partial charge in [0.2, 0.25) is 0 Å². The van der Waals surface area contributed by atoms with E-state index in [1.54, 1.807) is 32.4 Å². The van der Waals surface area contributed by atoms with Crippen LogP contribution in [0.15, 0.2) is 53.3 Å². The molecule has 0 bridgehead atoms. The molecule has 4 heteroatoms. The molecular formula is C17H15NO3. The fourth-order valence-electron chi connectivity index (χ4n) is 2.41. The molecule has 106 valence electrons. The number of nitrogens with one attached hydrogen (secondary N) is 1. The molecule has 0 spiro atoms. The number of pyridine rings is 1. The SMILES string of the molecule is COc1ccc2c(=O)cc(-c3ccccc3)[nH]c2c1OC. The van der Waals surface area contributed by atoms with E-state index in [9.17, 15) is 4.79 Å². The van der Waals surface area contributed by atoms with Gasteiger partial charge in [0.1, 0.15) is 0 Å². The van der Waals surface area contributed by atoms with Crippen molar-refractivity contribution in [1.29, 1.82) is 0 Å². The summed E-state index contributed by atoms with van der Waals surface area (Å²) in [6, 6.07) is 14.8. The molecule has 0 fully saturated rings.